The van der Waals surface area contributed by atoms with E-state index >= 15 is 0 Å². The van der Waals surface area contributed by atoms with Crippen molar-refractivity contribution in [3.63, 3.8) is 0 Å². The number of hydrogen-bond donors (Lipinski definition) is 2. The average Bonchev–Trinajstić information content (AvgIpc) is 3.08. The number of aromatic nitrogens is 2. The first kappa shape index (κ1) is 18.8. The number of fused-ring (bicyclic) bond motifs is 1. The van der Waals surface area contributed by atoms with Gasteiger partial charge in [0.25, 0.3) is 5.56 Å². The van der Waals surface area contributed by atoms with Crippen molar-refractivity contribution in [2.45, 2.75) is 33.2 Å². The lowest BCUT2D eigenvalue weighted by Crippen LogP contribution is -2.31. The van der Waals surface area contributed by atoms with Crippen molar-refractivity contribution in [1.29, 1.82) is 0 Å². The molecule has 0 spiro atoms. The molecule has 3 rings (SSSR count). The van der Waals surface area contributed by atoms with E-state index in [0.29, 0.717) is 22.8 Å². The van der Waals surface area contributed by atoms with Crippen LogP contribution >= 0.6 is 11.3 Å². The van der Waals surface area contributed by atoms with Crippen molar-refractivity contribution in [3.8, 4) is 0 Å². The summed E-state index contributed by atoms with van der Waals surface area (Å²) < 4.78 is 1.26. The normalized spacial score (nSPS) is 10.9. The van der Waals surface area contributed by atoms with Gasteiger partial charge in [0.05, 0.1) is 10.9 Å². The molecule has 1 amide bonds. The maximum atomic E-state index is 12.9. The van der Waals surface area contributed by atoms with Gasteiger partial charge in [-0.15, -0.1) is 11.3 Å². The molecule has 0 aliphatic rings. The molecule has 140 valence electrons. The van der Waals surface area contributed by atoms with E-state index in [2.05, 4.69) is 10.3 Å². The molecule has 0 unspecified atom stereocenters. The number of carboxylic acid groups (broad SMARTS) is 1. The van der Waals surface area contributed by atoms with Crippen LogP contribution in [0.15, 0.2) is 34.4 Å². The zero-order valence-corrected chi connectivity index (χ0v) is 15.8. The highest BCUT2D eigenvalue weighted by atomic mass is 32.1. The Morgan fingerprint density at radius 2 is 1.96 bits per heavy atom. The zero-order valence-electron chi connectivity index (χ0n) is 15.0. The van der Waals surface area contributed by atoms with Gasteiger partial charge in [-0.1, -0.05) is 32.0 Å². The fraction of sp³-hybridized carbons (Fsp3) is 0.263. The third-order valence-corrected chi connectivity index (χ3v) is 5.17. The lowest BCUT2D eigenvalue weighted by Gasteiger charge is -2.13. The predicted molar refractivity (Wildman–Crippen MR) is 105 cm³/mol. The smallest absolute Gasteiger partial charge is 0.337 e. The van der Waals surface area contributed by atoms with E-state index in [1.165, 1.54) is 9.95 Å². The van der Waals surface area contributed by atoms with Crippen LogP contribution in [0.3, 0.4) is 0 Å². The van der Waals surface area contributed by atoms with Crippen molar-refractivity contribution in [1.82, 2.24) is 9.55 Å². The van der Waals surface area contributed by atoms with E-state index in [9.17, 15) is 19.5 Å². The molecule has 0 saturated heterocycles. The Hall–Kier alpha value is -3.00. The molecule has 0 fully saturated rings. The number of carbonyl (C=O) groups is 2. The average molecular weight is 385 g/mol. The number of aromatic carboxylic acids is 1. The summed E-state index contributed by atoms with van der Waals surface area (Å²) in [6.45, 7) is 3.60. The topological polar surface area (TPSA) is 101 Å². The Kier molecular flexibility index (Phi) is 5.36. The van der Waals surface area contributed by atoms with Crippen LogP contribution in [0.4, 0.5) is 5.69 Å². The SMILES string of the molecule is CCc1ccccc1NC(=O)Cn1c(CC)nc2scc(C(=O)O)c2c1=O. The fourth-order valence-corrected chi connectivity index (χ4v) is 3.86. The second-order valence-corrected chi connectivity index (χ2v) is 6.82. The molecule has 2 N–H and O–H groups in total. The summed E-state index contributed by atoms with van der Waals surface area (Å²) in [6, 6.07) is 7.47. The number of nitrogens with one attached hydrogen (secondary N) is 1. The maximum absolute atomic E-state index is 12.9. The van der Waals surface area contributed by atoms with E-state index in [1.54, 1.807) is 0 Å². The van der Waals surface area contributed by atoms with E-state index in [-0.39, 0.29) is 23.4 Å². The highest BCUT2D eigenvalue weighted by Crippen LogP contribution is 2.22. The van der Waals surface area contributed by atoms with E-state index in [4.69, 9.17) is 0 Å². The van der Waals surface area contributed by atoms with Crippen LogP contribution in [-0.4, -0.2) is 26.5 Å². The van der Waals surface area contributed by atoms with Gasteiger partial charge in [0.2, 0.25) is 5.91 Å². The van der Waals surface area contributed by atoms with E-state index in [0.717, 1.165) is 23.3 Å². The fourth-order valence-electron chi connectivity index (χ4n) is 2.94. The van der Waals surface area contributed by atoms with E-state index in [1.807, 2.05) is 38.1 Å². The van der Waals surface area contributed by atoms with Gasteiger partial charge in [0.15, 0.2) is 0 Å². The second-order valence-electron chi connectivity index (χ2n) is 5.97. The number of benzene rings is 1. The molecule has 0 aliphatic carbocycles. The minimum absolute atomic E-state index is 0.0476. The van der Waals surface area contributed by atoms with Gasteiger partial charge in [0, 0.05) is 17.5 Å². The van der Waals surface area contributed by atoms with Gasteiger partial charge in [0.1, 0.15) is 17.2 Å². The number of anilines is 1. The number of hydrogen-bond acceptors (Lipinski definition) is 5. The van der Waals surface area contributed by atoms with Crippen LogP contribution in [0.5, 0.6) is 0 Å². The molecule has 3 aromatic rings. The van der Waals surface area contributed by atoms with Crippen LogP contribution in [0.25, 0.3) is 10.2 Å². The van der Waals surface area contributed by atoms with Gasteiger partial charge < -0.3 is 10.4 Å². The number of thiophene rings is 1. The third-order valence-electron chi connectivity index (χ3n) is 4.29. The summed E-state index contributed by atoms with van der Waals surface area (Å²) in [7, 11) is 0. The van der Waals surface area contributed by atoms with Crippen molar-refractivity contribution < 1.29 is 14.7 Å². The van der Waals surface area contributed by atoms with Crippen LogP contribution in [0.1, 0.15) is 35.6 Å². The number of rotatable bonds is 6. The van der Waals surface area contributed by atoms with Gasteiger partial charge in [-0.2, -0.15) is 0 Å². The third kappa shape index (κ3) is 3.61. The van der Waals surface area contributed by atoms with Crippen LogP contribution in [0.2, 0.25) is 0 Å². The van der Waals surface area contributed by atoms with E-state index < -0.39 is 11.5 Å². The molecule has 0 aliphatic heterocycles. The summed E-state index contributed by atoms with van der Waals surface area (Å²) in [5.74, 6) is -1.09. The first-order valence-electron chi connectivity index (χ1n) is 8.58. The van der Waals surface area contributed by atoms with Crippen LogP contribution < -0.4 is 10.9 Å². The zero-order chi connectivity index (χ0) is 19.6. The van der Waals surface area contributed by atoms with Gasteiger partial charge in [-0.25, -0.2) is 9.78 Å². The highest BCUT2D eigenvalue weighted by molar-refractivity contribution is 7.17. The van der Waals surface area contributed by atoms with Crippen molar-refractivity contribution >= 4 is 39.1 Å². The highest BCUT2D eigenvalue weighted by Gasteiger charge is 2.20. The van der Waals surface area contributed by atoms with Crippen LogP contribution in [0, 0.1) is 0 Å². The first-order chi connectivity index (χ1) is 13.0. The number of carbonyl (C=O) groups excluding carboxylic acids is 1. The van der Waals surface area contributed by atoms with Gasteiger partial charge in [-0.05, 0) is 18.1 Å². The van der Waals surface area contributed by atoms with Gasteiger partial charge >= 0.3 is 5.97 Å². The number of amides is 1. The Balaban J connectivity index is 1.99. The Labute approximate surface area is 159 Å². The van der Waals surface area contributed by atoms with Crippen molar-refractivity contribution in [2.24, 2.45) is 0 Å². The minimum Gasteiger partial charge on any atom is -0.478 e. The summed E-state index contributed by atoms with van der Waals surface area (Å²) in [6.07, 6.45) is 1.21. The molecule has 7 nitrogen and oxygen atoms in total. The Bertz CT molecular complexity index is 1080. The first-order valence-corrected chi connectivity index (χ1v) is 9.46. The molecule has 8 heteroatoms. The summed E-state index contributed by atoms with van der Waals surface area (Å²) in [5, 5.41) is 13.6. The number of nitrogens with zero attached hydrogens (tertiary/aromatic N) is 2. The molecule has 2 heterocycles. The lowest BCUT2D eigenvalue weighted by atomic mass is 10.1. The quantitative estimate of drug-likeness (QED) is 0.679. The summed E-state index contributed by atoms with van der Waals surface area (Å²) in [4.78, 5) is 41.6. The lowest BCUT2D eigenvalue weighted by molar-refractivity contribution is -0.116. The monoisotopic (exact) mass is 385 g/mol. The summed E-state index contributed by atoms with van der Waals surface area (Å²) in [5.41, 5.74) is 1.11. The summed E-state index contributed by atoms with van der Waals surface area (Å²) >= 11 is 1.12. The Morgan fingerprint density at radius 1 is 1.22 bits per heavy atom. The molecule has 0 atom stereocenters. The number of aryl methyl sites for hydroxylation is 2. The molecular formula is C19H19N3O4S. The number of para-hydroxylation sites is 1. The maximum Gasteiger partial charge on any atom is 0.337 e. The molecule has 27 heavy (non-hydrogen) atoms. The van der Waals surface area contributed by atoms with Gasteiger partial charge in [-0.3, -0.25) is 14.2 Å². The molecule has 0 saturated carbocycles. The molecule has 2 aromatic heterocycles. The largest absolute Gasteiger partial charge is 0.478 e. The minimum atomic E-state index is -1.18. The predicted octanol–water partition coefficient (Wildman–Crippen LogP) is 2.92. The number of carboxylic acids is 1. The van der Waals surface area contributed by atoms with Crippen molar-refractivity contribution in [3.05, 3.63) is 57.0 Å². The molecular weight excluding hydrogens is 366 g/mol. The van der Waals surface area contributed by atoms with Crippen molar-refractivity contribution in [2.75, 3.05) is 5.32 Å². The molecule has 0 radical (unpaired) electrons. The molecule has 0 bridgehead atoms. The van der Waals surface area contributed by atoms with Crippen LogP contribution in [-0.2, 0) is 24.2 Å². The molecule has 1 aromatic carbocycles. The Morgan fingerprint density at radius 3 is 2.63 bits per heavy atom. The standard InChI is InChI=1S/C19H19N3O4S/c1-3-11-7-5-6-8-13(11)20-15(23)9-22-14(4-2)21-17-16(18(22)24)12(10-27-17)19(25)26/h5-8,10H,3-4,9H2,1-2H3,(H,20,23)(H,25,26). The second kappa shape index (κ2) is 7.71.